The summed E-state index contributed by atoms with van der Waals surface area (Å²) in [7, 11) is 0. The fourth-order valence-corrected chi connectivity index (χ4v) is 1.48. The first-order valence-electron chi connectivity index (χ1n) is 5.76. The fraction of sp³-hybridized carbons (Fsp3) is 0.500. The molecule has 0 unspecified atom stereocenters. The first-order chi connectivity index (χ1) is 8.56. The van der Waals surface area contributed by atoms with Gasteiger partial charge in [-0.1, -0.05) is 0 Å². The molecule has 0 aliphatic carbocycles. The van der Waals surface area contributed by atoms with Crippen LogP contribution in [0.2, 0.25) is 0 Å². The second-order valence-electron chi connectivity index (χ2n) is 4.02. The number of rotatable bonds is 6. The highest BCUT2D eigenvalue weighted by molar-refractivity contribution is 5.66. The van der Waals surface area contributed by atoms with E-state index in [0.717, 1.165) is 11.3 Å². The second kappa shape index (κ2) is 6.55. The Bertz CT molecular complexity index is 480. The van der Waals surface area contributed by atoms with Crippen LogP contribution in [0.4, 0.5) is 5.82 Å². The number of carbonyl (C=O) groups is 1. The van der Waals surface area contributed by atoms with Crippen LogP contribution in [0.3, 0.4) is 0 Å². The Kier molecular flexibility index (Phi) is 5.06. The van der Waals surface area contributed by atoms with Crippen LogP contribution in [0.25, 0.3) is 0 Å². The van der Waals surface area contributed by atoms with E-state index in [2.05, 4.69) is 21.6 Å². The van der Waals surface area contributed by atoms with E-state index in [0.29, 0.717) is 30.8 Å². The van der Waals surface area contributed by atoms with Crippen molar-refractivity contribution in [3.05, 3.63) is 16.8 Å². The van der Waals surface area contributed by atoms with Gasteiger partial charge in [0.2, 0.25) is 0 Å². The molecule has 0 aliphatic rings. The molecule has 0 aliphatic heterocycles. The maximum absolute atomic E-state index is 10.3. The molecule has 96 valence electrons. The molecule has 6 heteroatoms. The Hall–Kier alpha value is -2.16. The first-order valence-corrected chi connectivity index (χ1v) is 5.76. The molecule has 0 bridgehead atoms. The van der Waals surface area contributed by atoms with Gasteiger partial charge in [0, 0.05) is 13.0 Å². The van der Waals surface area contributed by atoms with Gasteiger partial charge < -0.3 is 10.4 Å². The molecule has 0 amide bonds. The van der Waals surface area contributed by atoms with Gasteiger partial charge in [0.05, 0.1) is 5.69 Å². The number of nitriles is 1. The molecule has 0 aromatic carbocycles. The van der Waals surface area contributed by atoms with Gasteiger partial charge >= 0.3 is 5.97 Å². The van der Waals surface area contributed by atoms with E-state index in [1.54, 1.807) is 6.92 Å². The third-order valence-corrected chi connectivity index (χ3v) is 2.68. The molecule has 6 nitrogen and oxygen atoms in total. The summed E-state index contributed by atoms with van der Waals surface area (Å²) in [6, 6.07) is 2.10. The lowest BCUT2D eigenvalue weighted by Gasteiger charge is -2.08. The van der Waals surface area contributed by atoms with E-state index >= 15 is 0 Å². The molecular weight excluding hydrogens is 232 g/mol. The molecule has 0 saturated carbocycles. The standard InChI is InChI=1S/C12H16N4O2/c1-8-9(2)15-16-12(10(8)7-13)14-6-4-3-5-11(17)18/h3-6H2,1-2H3,(H,14,16)(H,17,18). The largest absolute Gasteiger partial charge is 0.481 e. The highest BCUT2D eigenvalue weighted by atomic mass is 16.4. The third-order valence-electron chi connectivity index (χ3n) is 2.68. The van der Waals surface area contributed by atoms with E-state index in [1.165, 1.54) is 0 Å². The Balaban J connectivity index is 2.55. The summed E-state index contributed by atoms with van der Waals surface area (Å²) in [5.74, 6) is -0.324. The predicted molar refractivity (Wildman–Crippen MR) is 66.2 cm³/mol. The predicted octanol–water partition coefficient (Wildman–Crippen LogP) is 1.63. The van der Waals surface area contributed by atoms with E-state index in [-0.39, 0.29) is 6.42 Å². The molecule has 0 fully saturated rings. The topological polar surface area (TPSA) is 98.9 Å². The van der Waals surface area contributed by atoms with Gasteiger partial charge in [-0.05, 0) is 32.3 Å². The molecule has 2 N–H and O–H groups in total. The normalized spacial score (nSPS) is 9.83. The Morgan fingerprint density at radius 1 is 1.39 bits per heavy atom. The number of aromatic nitrogens is 2. The van der Waals surface area contributed by atoms with Gasteiger partial charge in [-0.25, -0.2) is 0 Å². The summed E-state index contributed by atoms with van der Waals surface area (Å²) < 4.78 is 0. The molecule has 0 saturated heterocycles. The Labute approximate surface area is 106 Å². The lowest BCUT2D eigenvalue weighted by atomic mass is 10.1. The SMILES string of the molecule is Cc1nnc(NCCCCC(=O)O)c(C#N)c1C. The van der Waals surface area contributed by atoms with Gasteiger partial charge in [-0.2, -0.15) is 10.4 Å². The van der Waals surface area contributed by atoms with Gasteiger partial charge in [0.15, 0.2) is 5.82 Å². The summed E-state index contributed by atoms with van der Waals surface area (Å²) >= 11 is 0. The van der Waals surface area contributed by atoms with Gasteiger partial charge in [-0.15, -0.1) is 5.10 Å². The first kappa shape index (κ1) is 13.9. The van der Waals surface area contributed by atoms with E-state index in [9.17, 15) is 4.79 Å². The maximum Gasteiger partial charge on any atom is 0.303 e. The minimum atomic E-state index is -0.793. The lowest BCUT2D eigenvalue weighted by Crippen LogP contribution is -2.09. The molecule has 0 radical (unpaired) electrons. The molecule has 0 atom stereocenters. The van der Waals surface area contributed by atoms with Crippen molar-refractivity contribution in [3.63, 3.8) is 0 Å². The summed E-state index contributed by atoms with van der Waals surface area (Å²) in [6.45, 7) is 4.22. The minimum Gasteiger partial charge on any atom is -0.481 e. The van der Waals surface area contributed by atoms with Crippen LogP contribution in [0.5, 0.6) is 0 Å². The molecule has 1 aromatic rings. The van der Waals surface area contributed by atoms with Crippen LogP contribution in [0, 0.1) is 25.2 Å². The molecule has 0 spiro atoms. The van der Waals surface area contributed by atoms with Crippen molar-refractivity contribution in [2.75, 3.05) is 11.9 Å². The van der Waals surface area contributed by atoms with Crippen molar-refractivity contribution in [2.45, 2.75) is 33.1 Å². The van der Waals surface area contributed by atoms with Crippen LogP contribution in [-0.2, 0) is 4.79 Å². The van der Waals surface area contributed by atoms with Crippen molar-refractivity contribution < 1.29 is 9.90 Å². The third kappa shape index (κ3) is 3.70. The number of aryl methyl sites for hydroxylation is 1. The number of nitrogens with one attached hydrogen (secondary N) is 1. The number of anilines is 1. The summed E-state index contributed by atoms with van der Waals surface area (Å²) in [4.78, 5) is 10.3. The van der Waals surface area contributed by atoms with E-state index < -0.39 is 5.97 Å². The van der Waals surface area contributed by atoms with Crippen LogP contribution >= 0.6 is 0 Å². The lowest BCUT2D eigenvalue weighted by molar-refractivity contribution is -0.137. The molecule has 1 heterocycles. The van der Waals surface area contributed by atoms with Crippen molar-refractivity contribution in [1.82, 2.24) is 10.2 Å². The number of aliphatic carboxylic acids is 1. The molecule has 1 rings (SSSR count). The zero-order chi connectivity index (χ0) is 13.5. The number of nitrogens with zero attached hydrogens (tertiary/aromatic N) is 3. The van der Waals surface area contributed by atoms with Crippen LogP contribution in [-0.4, -0.2) is 27.8 Å². The van der Waals surface area contributed by atoms with Crippen LogP contribution in [0.1, 0.15) is 36.1 Å². The minimum absolute atomic E-state index is 0.158. The maximum atomic E-state index is 10.3. The van der Waals surface area contributed by atoms with Crippen molar-refractivity contribution in [1.29, 1.82) is 5.26 Å². The van der Waals surface area contributed by atoms with Crippen LogP contribution < -0.4 is 5.32 Å². The smallest absolute Gasteiger partial charge is 0.303 e. The average molecular weight is 248 g/mol. The highest BCUT2D eigenvalue weighted by Gasteiger charge is 2.09. The second-order valence-corrected chi connectivity index (χ2v) is 4.02. The quantitative estimate of drug-likeness (QED) is 0.742. The van der Waals surface area contributed by atoms with Gasteiger partial charge in [0.1, 0.15) is 11.6 Å². The Morgan fingerprint density at radius 2 is 2.11 bits per heavy atom. The molecular formula is C12H16N4O2. The van der Waals surface area contributed by atoms with E-state index in [1.807, 2.05) is 6.92 Å². The van der Waals surface area contributed by atoms with E-state index in [4.69, 9.17) is 10.4 Å². The summed E-state index contributed by atoms with van der Waals surface area (Å²) in [5, 5.41) is 28.5. The number of hydrogen-bond donors (Lipinski definition) is 2. The van der Waals surface area contributed by atoms with Crippen molar-refractivity contribution in [2.24, 2.45) is 0 Å². The fourth-order valence-electron chi connectivity index (χ4n) is 1.48. The number of carboxylic acids is 1. The number of carboxylic acid groups (broad SMARTS) is 1. The van der Waals surface area contributed by atoms with Gasteiger partial charge in [0.25, 0.3) is 0 Å². The Morgan fingerprint density at radius 3 is 2.72 bits per heavy atom. The molecule has 18 heavy (non-hydrogen) atoms. The summed E-state index contributed by atoms with van der Waals surface area (Å²) in [5.41, 5.74) is 2.06. The van der Waals surface area contributed by atoms with Gasteiger partial charge in [-0.3, -0.25) is 4.79 Å². The zero-order valence-corrected chi connectivity index (χ0v) is 10.5. The monoisotopic (exact) mass is 248 g/mol. The summed E-state index contributed by atoms with van der Waals surface area (Å²) in [6.07, 6.45) is 1.47. The van der Waals surface area contributed by atoms with Crippen molar-refractivity contribution >= 4 is 11.8 Å². The van der Waals surface area contributed by atoms with Crippen LogP contribution in [0.15, 0.2) is 0 Å². The average Bonchev–Trinajstić information content (AvgIpc) is 2.33. The zero-order valence-electron chi connectivity index (χ0n) is 10.5. The number of unbranched alkanes of at least 4 members (excludes halogenated alkanes) is 1. The van der Waals surface area contributed by atoms with Crippen molar-refractivity contribution in [3.8, 4) is 6.07 Å². The molecule has 1 aromatic heterocycles. The highest BCUT2D eigenvalue weighted by Crippen LogP contribution is 2.16. The number of hydrogen-bond acceptors (Lipinski definition) is 5.